The SMILES string of the molecule is N#Cc1ccc(CNC[C@H]2CCCO[C@@H]2c2ccccc2)cc1. The molecule has 3 nitrogen and oxygen atoms in total. The van der Waals surface area contributed by atoms with Gasteiger partial charge in [-0.3, -0.25) is 0 Å². The first kappa shape index (κ1) is 15.7. The number of nitriles is 1. The highest BCUT2D eigenvalue weighted by molar-refractivity contribution is 5.31. The van der Waals surface area contributed by atoms with Gasteiger partial charge in [-0.15, -0.1) is 0 Å². The number of ether oxygens (including phenoxy) is 1. The second-order valence-corrected chi connectivity index (χ2v) is 6.04. The molecule has 0 amide bonds. The van der Waals surface area contributed by atoms with E-state index in [1.54, 1.807) is 0 Å². The summed E-state index contributed by atoms with van der Waals surface area (Å²) in [4.78, 5) is 0. The Labute approximate surface area is 137 Å². The van der Waals surface area contributed by atoms with E-state index in [-0.39, 0.29) is 6.10 Å². The average molecular weight is 306 g/mol. The second-order valence-electron chi connectivity index (χ2n) is 6.04. The van der Waals surface area contributed by atoms with Gasteiger partial charge in [-0.05, 0) is 36.1 Å². The number of hydrogen-bond acceptors (Lipinski definition) is 3. The molecular weight excluding hydrogens is 284 g/mol. The summed E-state index contributed by atoms with van der Waals surface area (Å²) < 4.78 is 6.03. The first-order valence-corrected chi connectivity index (χ1v) is 8.23. The Hall–Kier alpha value is -2.15. The van der Waals surface area contributed by atoms with Crippen LogP contribution in [-0.2, 0) is 11.3 Å². The van der Waals surface area contributed by atoms with E-state index in [4.69, 9.17) is 10.00 Å². The van der Waals surface area contributed by atoms with Crippen LogP contribution in [0.2, 0.25) is 0 Å². The summed E-state index contributed by atoms with van der Waals surface area (Å²) >= 11 is 0. The van der Waals surface area contributed by atoms with Gasteiger partial charge in [0.2, 0.25) is 0 Å². The Bertz CT molecular complexity index is 646. The molecule has 0 bridgehead atoms. The highest BCUT2D eigenvalue weighted by atomic mass is 16.5. The molecule has 2 aromatic rings. The molecule has 3 heteroatoms. The van der Waals surface area contributed by atoms with Crippen LogP contribution < -0.4 is 5.32 Å². The molecule has 0 unspecified atom stereocenters. The predicted molar refractivity (Wildman–Crippen MR) is 90.7 cm³/mol. The van der Waals surface area contributed by atoms with Gasteiger partial charge in [-0.1, -0.05) is 42.5 Å². The van der Waals surface area contributed by atoms with Crippen molar-refractivity contribution in [1.82, 2.24) is 5.32 Å². The lowest BCUT2D eigenvalue weighted by Crippen LogP contribution is -2.31. The van der Waals surface area contributed by atoms with Crippen LogP contribution in [0.4, 0.5) is 0 Å². The lowest BCUT2D eigenvalue weighted by Gasteiger charge is -2.32. The summed E-state index contributed by atoms with van der Waals surface area (Å²) in [5.74, 6) is 0.504. The molecule has 0 aliphatic carbocycles. The standard InChI is InChI=1S/C20H22N2O/c21-13-16-8-10-17(11-9-16)14-22-15-19-7-4-12-23-20(19)18-5-2-1-3-6-18/h1-3,5-6,8-11,19-20,22H,4,7,12,14-15H2/t19-,20-/m1/s1. The van der Waals surface area contributed by atoms with Gasteiger partial charge in [0, 0.05) is 25.6 Å². The molecule has 0 radical (unpaired) electrons. The lowest BCUT2D eigenvalue weighted by atomic mass is 9.89. The van der Waals surface area contributed by atoms with E-state index in [0.29, 0.717) is 11.5 Å². The molecule has 0 spiro atoms. The van der Waals surface area contributed by atoms with E-state index in [1.165, 1.54) is 17.5 Å². The fourth-order valence-corrected chi connectivity index (χ4v) is 3.16. The highest BCUT2D eigenvalue weighted by Gasteiger charge is 2.26. The van der Waals surface area contributed by atoms with Crippen LogP contribution >= 0.6 is 0 Å². The van der Waals surface area contributed by atoms with Gasteiger partial charge >= 0.3 is 0 Å². The molecule has 118 valence electrons. The third kappa shape index (κ3) is 4.19. The van der Waals surface area contributed by atoms with Crippen molar-refractivity contribution >= 4 is 0 Å². The van der Waals surface area contributed by atoms with Gasteiger partial charge in [0.15, 0.2) is 0 Å². The van der Waals surface area contributed by atoms with Crippen molar-refractivity contribution in [2.45, 2.75) is 25.5 Å². The number of hydrogen-bond donors (Lipinski definition) is 1. The quantitative estimate of drug-likeness (QED) is 0.913. The number of nitrogens with one attached hydrogen (secondary N) is 1. The molecule has 0 saturated carbocycles. The fourth-order valence-electron chi connectivity index (χ4n) is 3.16. The van der Waals surface area contributed by atoms with Gasteiger partial charge in [-0.2, -0.15) is 5.26 Å². The molecule has 1 saturated heterocycles. The summed E-state index contributed by atoms with van der Waals surface area (Å²) in [6, 6.07) is 20.4. The smallest absolute Gasteiger partial charge is 0.0991 e. The minimum absolute atomic E-state index is 0.193. The van der Waals surface area contributed by atoms with Crippen molar-refractivity contribution in [3.8, 4) is 6.07 Å². The molecular formula is C20H22N2O. The van der Waals surface area contributed by atoms with E-state index < -0.39 is 0 Å². The van der Waals surface area contributed by atoms with Crippen molar-refractivity contribution in [1.29, 1.82) is 5.26 Å². The summed E-state index contributed by atoms with van der Waals surface area (Å²) in [5, 5.41) is 12.4. The average Bonchev–Trinajstić information content (AvgIpc) is 2.63. The van der Waals surface area contributed by atoms with Crippen molar-refractivity contribution in [3.05, 3.63) is 71.3 Å². The summed E-state index contributed by atoms with van der Waals surface area (Å²) in [5.41, 5.74) is 3.19. The largest absolute Gasteiger partial charge is 0.373 e. The number of nitrogens with zero attached hydrogens (tertiary/aromatic N) is 1. The third-order valence-corrected chi connectivity index (χ3v) is 4.39. The molecule has 1 aliphatic heterocycles. The van der Waals surface area contributed by atoms with Crippen LogP contribution in [0.25, 0.3) is 0 Å². The molecule has 1 fully saturated rings. The Balaban J connectivity index is 1.56. The van der Waals surface area contributed by atoms with Gasteiger partial charge < -0.3 is 10.1 Å². The van der Waals surface area contributed by atoms with Crippen LogP contribution in [0.3, 0.4) is 0 Å². The zero-order valence-electron chi connectivity index (χ0n) is 13.2. The third-order valence-electron chi connectivity index (χ3n) is 4.39. The van der Waals surface area contributed by atoms with E-state index in [9.17, 15) is 0 Å². The van der Waals surface area contributed by atoms with Crippen molar-refractivity contribution < 1.29 is 4.74 Å². The van der Waals surface area contributed by atoms with Crippen molar-refractivity contribution in [2.75, 3.05) is 13.2 Å². The molecule has 2 atom stereocenters. The van der Waals surface area contributed by atoms with Crippen LogP contribution in [0.1, 0.15) is 35.6 Å². The molecule has 0 aromatic heterocycles. The highest BCUT2D eigenvalue weighted by Crippen LogP contribution is 2.33. The Morgan fingerprint density at radius 2 is 1.87 bits per heavy atom. The van der Waals surface area contributed by atoms with Crippen LogP contribution in [0.5, 0.6) is 0 Å². The van der Waals surface area contributed by atoms with Gasteiger partial charge in [0.25, 0.3) is 0 Å². The second kappa shape index (κ2) is 7.92. The van der Waals surface area contributed by atoms with Crippen molar-refractivity contribution in [3.63, 3.8) is 0 Å². The van der Waals surface area contributed by atoms with E-state index in [1.807, 2.05) is 30.3 Å². The molecule has 2 aromatic carbocycles. The van der Waals surface area contributed by atoms with E-state index in [0.717, 1.165) is 26.1 Å². The topological polar surface area (TPSA) is 45.0 Å². The maximum atomic E-state index is 8.83. The molecule has 1 aliphatic rings. The zero-order valence-corrected chi connectivity index (χ0v) is 13.2. The predicted octanol–water partition coefficient (Wildman–Crippen LogP) is 3.82. The Morgan fingerprint density at radius 1 is 1.09 bits per heavy atom. The Kier molecular flexibility index (Phi) is 5.42. The lowest BCUT2D eigenvalue weighted by molar-refractivity contribution is -0.0278. The maximum absolute atomic E-state index is 8.83. The summed E-state index contributed by atoms with van der Waals surface area (Å²) in [6.07, 6.45) is 2.52. The minimum Gasteiger partial charge on any atom is -0.373 e. The monoisotopic (exact) mass is 306 g/mol. The zero-order chi connectivity index (χ0) is 15.9. The van der Waals surface area contributed by atoms with Crippen LogP contribution in [0, 0.1) is 17.2 Å². The maximum Gasteiger partial charge on any atom is 0.0991 e. The van der Waals surface area contributed by atoms with Crippen LogP contribution in [-0.4, -0.2) is 13.2 Å². The normalized spacial score (nSPS) is 20.8. The number of benzene rings is 2. The Morgan fingerprint density at radius 3 is 2.61 bits per heavy atom. The fraction of sp³-hybridized carbons (Fsp3) is 0.350. The van der Waals surface area contributed by atoms with Gasteiger partial charge in [-0.25, -0.2) is 0 Å². The van der Waals surface area contributed by atoms with Gasteiger partial charge in [0.1, 0.15) is 0 Å². The molecule has 23 heavy (non-hydrogen) atoms. The minimum atomic E-state index is 0.193. The molecule has 3 rings (SSSR count). The first-order valence-electron chi connectivity index (χ1n) is 8.23. The van der Waals surface area contributed by atoms with E-state index in [2.05, 4.69) is 35.7 Å². The number of rotatable bonds is 5. The van der Waals surface area contributed by atoms with E-state index >= 15 is 0 Å². The summed E-state index contributed by atoms with van der Waals surface area (Å²) in [6.45, 7) is 2.62. The van der Waals surface area contributed by atoms with Gasteiger partial charge in [0.05, 0.1) is 17.7 Å². The molecule has 1 N–H and O–H groups in total. The molecule has 1 heterocycles. The summed E-state index contributed by atoms with van der Waals surface area (Å²) in [7, 11) is 0. The van der Waals surface area contributed by atoms with Crippen LogP contribution in [0.15, 0.2) is 54.6 Å². The van der Waals surface area contributed by atoms with Crippen molar-refractivity contribution in [2.24, 2.45) is 5.92 Å². The first-order chi connectivity index (χ1) is 11.4.